The zero-order chi connectivity index (χ0) is 15.4. The van der Waals surface area contributed by atoms with Crippen molar-refractivity contribution in [2.45, 2.75) is 33.2 Å². The zero-order valence-corrected chi connectivity index (χ0v) is 13.1. The number of phenolic OH excluding ortho intramolecular Hbond substituents is 1. The molecule has 0 amide bonds. The van der Waals surface area contributed by atoms with Gasteiger partial charge in [0.15, 0.2) is 0 Å². The molecule has 1 unspecified atom stereocenters. The van der Waals surface area contributed by atoms with Gasteiger partial charge in [0.1, 0.15) is 11.5 Å². The molecule has 2 aromatic carbocycles. The molecule has 2 N–H and O–H groups in total. The number of benzene rings is 2. The van der Waals surface area contributed by atoms with E-state index in [2.05, 4.69) is 18.3 Å². The molecule has 0 aromatic heterocycles. The number of anilines is 1. The van der Waals surface area contributed by atoms with Crippen molar-refractivity contribution in [1.82, 2.24) is 0 Å². The molecule has 112 valence electrons. The number of hydrogen-bond acceptors (Lipinski definition) is 3. The number of aryl methyl sites for hydroxylation is 2. The molecule has 0 bridgehead atoms. The second kappa shape index (κ2) is 6.53. The second-order valence-corrected chi connectivity index (χ2v) is 5.30. The molecular weight excluding hydrogens is 262 g/mol. The summed E-state index contributed by atoms with van der Waals surface area (Å²) in [6.07, 6.45) is 0.944. The molecule has 0 spiro atoms. The smallest absolute Gasteiger partial charge is 0.124 e. The molecule has 2 rings (SSSR count). The summed E-state index contributed by atoms with van der Waals surface area (Å²) in [6.45, 7) is 6.05. The molecule has 3 heteroatoms. The van der Waals surface area contributed by atoms with Crippen LogP contribution in [0.2, 0.25) is 0 Å². The molecule has 0 radical (unpaired) electrons. The van der Waals surface area contributed by atoms with Gasteiger partial charge < -0.3 is 15.2 Å². The molecule has 0 aliphatic carbocycles. The lowest BCUT2D eigenvalue weighted by atomic mass is 10.0. The van der Waals surface area contributed by atoms with E-state index in [1.165, 1.54) is 0 Å². The summed E-state index contributed by atoms with van der Waals surface area (Å²) < 4.78 is 5.46. The maximum Gasteiger partial charge on any atom is 0.124 e. The average molecular weight is 285 g/mol. The maximum atomic E-state index is 9.77. The summed E-state index contributed by atoms with van der Waals surface area (Å²) in [5.74, 6) is 1.23. The summed E-state index contributed by atoms with van der Waals surface area (Å²) in [4.78, 5) is 0. The predicted octanol–water partition coefficient (Wildman–Crippen LogP) is 4.58. The van der Waals surface area contributed by atoms with E-state index in [9.17, 15) is 5.11 Å². The van der Waals surface area contributed by atoms with Gasteiger partial charge in [-0.2, -0.15) is 0 Å². The Labute approximate surface area is 126 Å². The van der Waals surface area contributed by atoms with Gasteiger partial charge in [-0.1, -0.05) is 25.1 Å². The summed E-state index contributed by atoms with van der Waals surface area (Å²) in [6, 6.07) is 12.0. The van der Waals surface area contributed by atoms with Gasteiger partial charge in [0, 0.05) is 11.3 Å². The Morgan fingerprint density at radius 3 is 2.52 bits per heavy atom. The summed E-state index contributed by atoms with van der Waals surface area (Å²) in [5, 5.41) is 13.3. The fourth-order valence-corrected chi connectivity index (χ4v) is 2.50. The van der Waals surface area contributed by atoms with Crippen LogP contribution in [0.3, 0.4) is 0 Å². The van der Waals surface area contributed by atoms with Gasteiger partial charge in [-0.3, -0.25) is 0 Å². The number of methoxy groups -OCH3 is 1. The Hall–Kier alpha value is -2.16. The van der Waals surface area contributed by atoms with Crippen LogP contribution < -0.4 is 10.1 Å². The molecule has 2 aromatic rings. The summed E-state index contributed by atoms with van der Waals surface area (Å²) >= 11 is 0. The third kappa shape index (κ3) is 3.30. The van der Waals surface area contributed by atoms with Crippen molar-refractivity contribution in [2.24, 2.45) is 0 Å². The van der Waals surface area contributed by atoms with Crippen LogP contribution in [0.1, 0.15) is 36.1 Å². The SMILES string of the molecule is CCC(Nc1cc(C)c(O)cc1C)c1ccccc1OC. The van der Waals surface area contributed by atoms with Crippen LogP contribution in [0.25, 0.3) is 0 Å². The monoisotopic (exact) mass is 285 g/mol. The van der Waals surface area contributed by atoms with E-state index >= 15 is 0 Å². The molecule has 0 heterocycles. The highest BCUT2D eigenvalue weighted by Crippen LogP contribution is 2.32. The number of aromatic hydroxyl groups is 1. The van der Waals surface area contributed by atoms with Gasteiger partial charge in [-0.25, -0.2) is 0 Å². The zero-order valence-electron chi connectivity index (χ0n) is 13.1. The standard InChI is InChI=1S/C18H23NO2/c1-5-15(14-8-6-7-9-18(14)21-4)19-16-10-13(3)17(20)11-12(16)2/h6-11,15,19-20H,5H2,1-4H3. The van der Waals surface area contributed by atoms with E-state index in [1.807, 2.05) is 38.1 Å². The molecule has 3 nitrogen and oxygen atoms in total. The fraction of sp³-hybridized carbons (Fsp3) is 0.333. The molecule has 21 heavy (non-hydrogen) atoms. The van der Waals surface area contributed by atoms with Crippen molar-refractivity contribution in [3.8, 4) is 11.5 Å². The van der Waals surface area contributed by atoms with Crippen LogP contribution >= 0.6 is 0 Å². The highest BCUT2D eigenvalue weighted by atomic mass is 16.5. The first-order chi connectivity index (χ1) is 10.1. The predicted molar refractivity (Wildman–Crippen MR) is 87.2 cm³/mol. The molecular formula is C18H23NO2. The van der Waals surface area contributed by atoms with E-state index in [1.54, 1.807) is 13.2 Å². The molecule has 0 saturated carbocycles. The Morgan fingerprint density at radius 2 is 1.86 bits per heavy atom. The minimum Gasteiger partial charge on any atom is -0.508 e. The number of nitrogens with one attached hydrogen (secondary N) is 1. The van der Waals surface area contributed by atoms with Crippen LogP contribution in [0.5, 0.6) is 11.5 Å². The number of rotatable bonds is 5. The van der Waals surface area contributed by atoms with E-state index in [0.717, 1.165) is 34.5 Å². The van der Waals surface area contributed by atoms with Crippen molar-refractivity contribution >= 4 is 5.69 Å². The van der Waals surface area contributed by atoms with Crippen molar-refractivity contribution < 1.29 is 9.84 Å². The minimum absolute atomic E-state index is 0.170. The van der Waals surface area contributed by atoms with E-state index < -0.39 is 0 Å². The Morgan fingerprint density at radius 1 is 1.14 bits per heavy atom. The van der Waals surface area contributed by atoms with Crippen LogP contribution in [0.4, 0.5) is 5.69 Å². The molecule has 1 atom stereocenters. The number of phenols is 1. The second-order valence-electron chi connectivity index (χ2n) is 5.30. The third-order valence-electron chi connectivity index (χ3n) is 3.80. The average Bonchev–Trinajstić information content (AvgIpc) is 2.49. The Balaban J connectivity index is 2.33. The van der Waals surface area contributed by atoms with Gasteiger partial charge in [-0.05, 0) is 49.6 Å². The Bertz CT molecular complexity index is 623. The molecule has 0 fully saturated rings. The number of para-hydroxylation sites is 1. The maximum absolute atomic E-state index is 9.77. The third-order valence-corrected chi connectivity index (χ3v) is 3.80. The van der Waals surface area contributed by atoms with Gasteiger partial charge >= 0.3 is 0 Å². The highest BCUT2D eigenvalue weighted by molar-refractivity contribution is 5.58. The van der Waals surface area contributed by atoms with Crippen LogP contribution in [0.15, 0.2) is 36.4 Å². The van der Waals surface area contributed by atoms with E-state index in [4.69, 9.17) is 4.74 Å². The largest absolute Gasteiger partial charge is 0.508 e. The van der Waals surface area contributed by atoms with Crippen molar-refractivity contribution in [3.05, 3.63) is 53.1 Å². The molecule has 0 aliphatic heterocycles. The lowest BCUT2D eigenvalue weighted by Gasteiger charge is -2.22. The van der Waals surface area contributed by atoms with Gasteiger partial charge in [-0.15, -0.1) is 0 Å². The highest BCUT2D eigenvalue weighted by Gasteiger charge is 2.15. The first-order valence-corrected chi connectivity index (χ1v) is 7.26. The van der Waals surface area contributed by atoms with Crippen molar-refractivity contribution in [3.63, 3.8) is 0 Å². The van der Waals surface area contributed by atoms with E-state index in [0.29, 0.717) is 5.75 Å². The van der Waals surface area contributed by atoms with Crippen LogP contribution in [-0.4, -0.2) is 12.2 Å². The minimum atomic E-state index is 0.170. The summed E-state index contributed by atoms with van der Waals surface area (Å²) in [5.41, 5.74) is 4.10. The van der Waals surface area contributed by atoms with E-state index in [-0.39, 0.29) is 6.04 Å². The van der Waals surface area contributed by atoms with Gasteiger partial charge in [0.05, 0.1) is 13.2 Å². The number of hydrogen-bond donors (Lipinski definition) is 2. The Kier molecular flexibility index (Phi) is 4.73. The van der Waals surface area contributed by atoms with Gasteiger partial charge in [0.2, 0.25) is 0 Å². The quantitative estimate of drug-likeness (QED) is 0.790. The van der Waals surface area contributed by atoms with Crippen molar-refractivity contribution in [2.75, 3.05) is 12.4 Å². The molecule has 0 aliphatic rings. The van der Waals surface area contributed by atoms with Crippen LogP contribution in [0, 0.1) is 13.8 Å². The fourth-order valence-electron chi connectivity index (χ4n) is 2.50. The number of ether oxygens (including phenoxy) is 1. The first kappa shape index (κ1) is 15.2. The lowest BCUT2D eigenvalue weighted by molar-refractivity contribution is 0.406. The van der Waals surface area contributed by atoms with Gasteiger partial charge in [0.25, 0.3) is 0 Å². The lowest BCUT2D eigenvalue weighted by Crippen LogP contribution is -2.12. The normalized spacial score (nSPS) is 12.0. The van der Waals surface area contributed by atoms with Crippen LogP contribution in [-0.2, 0) is 0 Å². The summed E-state index contributed by atoms with van der Waals surface area (Å²) in [7, 11) is 1.70. The molecule has 0 saturated heterocycles. The topological polar surface area (TPSA) is 41.5 Å². The van der Waals surface area contributed by atoms with Crippen molar-refractivity contribution in [1.29, 1.82) is 0 Å². The first-order valence-electron chi connectivity index (χ1n) is 7.26.